The van der Waals surface area contributed by atoms with E-state index >= 15 is 0 Å². The van der Waals surface area contributed by atoms with Crippen molar-refractivity contribution in [3.63, 3.8) is 0 Å². The van der Waals surface area contributed by atoms with Crippen LogP contribution in [0.5, 0.6) is 5.75 Å². The van der Waals surface area contributed by atoms with Crippen molar-refractivity contribution in [3.8, 4) is 5.75 Å². The molecule has 2 aliphatic rings. The molecule has 1 aliphatic heterocycles. The number of aromatic hydroxyl groups is 1. The van der Waals surface area contributed by atoms with Gasteiger partial charge >= 0.3 is 0 Å². The van der Waals surface area contributed by atoms with Crippen LogP contribution in [-0.4, -0.2) is 20.9 Å². The van der Waals surface area contributed by atoms with Crippen molar-refractivity contribution < 1.29 is 9.90 Å². The Labute approximate surface area is 206 Å². The first-order valence-corrected chi connectivity index (χ1v) is 12.4. The van der Waals surface area contributed by atoms with Gasteiger partial charge in [-0.15, -0.1) is 0 Å². The summed E-state index contributed by atoms with van der Waals surface area (Å²) in [4.78, 5) is 34.3. The Bertz CT molecular complexity index is 1380. The molecule has 0 bridgehead atoms. The minimum absolute atomic E-state index is 0.0269. The van der Waals surface area contributed by atoms with E-state index in [1.807, 2.05) is 24.3 Å². The third-order valence-electron chi connectivity index (χ3n) is 6.25. The van der Waals surface area contributed by atoms with E-state index in [0.717, 1.165) is 16.8 Å². The van der Waals surface area contributed by atoms with Crippen LogP contribution in [0.15, 0.2) is 69.8 Å². The molecule has 0 saturated heterocycles. The molecule has 0 amide bonds. The molecule has 0 spiro atoms. The van der Waals surface area contributed by atoms with E-state index in [1.54, 1.807) is 24.3 Å². The maximum absolute atomic E-state index is 13.4. The first kappa shape index (κ1) is 22.7. The van der Waals surface area contributed by atoms with Crippen molar-refractivity contribution in [2.24, 2.45) is 5.41 Å². The molecule has 8 heteroatoms. The van der Waals surface area contributed by atoms with Gasteiger partial charge < -0.3 is 15.4 Å². The minimum Gasteiger partial charge on any atom is -0.508 e. The molecule has 5 rings (SSSR count). The first-order valence-electron chi connectivity index (χ1n) is 11.0. The minimum atomic E-state index is -0.547. The number of Topliss-reactive ketones (excluding diaryl/α,β-unsaturated/α-hetero) is 1. The third kappa shape index (κ3) is 4.26. The second-order valence-corrected chi connectivity index (χ2v) is 10.9. The number of allylic oxidation sites excluding steroid dienone is 2. The number of phenolic OH excluding ortho intramolecular Hbond substituents is 1. The molecule has 1 unspecified atom stereocenters. The molecule has 174 valence electrons. The van der Waals surface area contributed by atoms with Gasteiger partial charge in [0.05, 0.1) is 5.56 Å². The fourth-order valence-corrected chi connectivity index (χ4v) is 5.87. The molecule has 0 saturated carbocycles. The Balaban J connectivity index is 1.59. The zero-order valence-electron chi connectivity index (χ0n) is 18.8. The van der Waals surface area contributed by atoms with Crippen LogP contribution in [0.4, 0.5) is 5.82 Å². The lowest BCUT2D eigenvalue weighted by molar-refractivity contribution is -0.118. The number of hydrogen-bond acceptors (Lipinski definition) is 6. The second kappa shape index (κ2) is 8.64. The molecular weight excluding hydrogens is 470 g/mol. The molecule has 1 aliphatic carbocycles. The van der Waals surface area contributed by atoms with Gasteiger partial charge in [-0.05, 0) is 41.2 Å². The summed E-state index contributed by atoms with van der Waals surface area (Å²) in [6, 6.07) is 14.2. The summed E-state index contributed by atoms with van der Waals surface area (Å²) >= 11 is 7.67. The zero-order chi connectivity index (χ0) is 24.0. The van der Waals surface area contributed by atoms with Gasteiger partial charge in [-0.1, -0.05) is 67.5 Å². The third-order valence-corrected chi connectivity index (χ3v) is 7.54. The summed E-state index contributed by atoms with van der Waals surface area (Å²) in [6.07, 6.45) is 1.09. The van der Waals surface area contributed by atoms with Crippen molar-refractivity contribution in [1.82, 2.24) is 9.97 Å². The smallest absolute Gasteiger partial charge is 0.257 e. The molecule has 1 aromatic heterocycles. The van der Waals surface area contributed by atoms with E-state index in [-0.39, 0.29) is 22.5 Å². The number of aromatic nitrogens is 2. The summed E-state index contributed by atoms with van der Waals surface area (Å²) in [5, 5.41) is 14.3. The number of halogens is 1. The van der Waals surface area contributed by atoms with E-state index in [4.69, 9.17) is 16.6 Å². The van der Waals surface area contributed by atoms with Crippen LogP contribution in [0, 0.1) is 5.41 Å². The van der Waals surface area contributed by atoms with Crippen LogP contribution in [0.25, 0.3) is 0 Å². The highest BCUT2D eigenvalue weighted by Gasteiger charge is 2.42. The summed E-state index contributed by atoms with van der Waals surface area (Å²) in [6.45, 7) is 4.13. The number of rotatable bonds is 4. The largest absolute Gasteiger partial charge is 0.508 e. The summed E-state index contributed by atoms with van der Waals surface area (Å²) in [5.41, 5.74) is 3.08. The summed E-state index contributed by atoms with van der Waals surface area (Å²) < 4.78 is 0. The fourth-order valence-electron chi connectivity index (χ4n) is 4.72. The highest BCUT2D eigenvalue weighted by Crippen LogP contribution is 2.47. The van der Waals surface area contributed by atoms with E-state index in [1.165, 1.54) is 11.8 Å². The zero-order valence-corrected chi connectivity index (χ0v) is 20.4. The molecule has 3 N–H and O–H groups in total. The average Bonchev–Trinajstić information content (AvgIpc) is 2.77. The standard InChI is InChI=1S/C26H24ClN3O3S/c1-26(2)11-18-21(19(32)12-26)20(14-7-9-16(31)10-8-14)22-23(28-18)29-25(30-24(22)33)34-13-15-5-3-4-6-17(15)27/h3-10,20,31H,11-13H2,1-2H3,(H2,28,29,30,33). The SMILES string of the molecule is CC1(C)CC(=O)C2=C(C1)Nc1nc(SCc3ccccc3Cl)[nH]c(=O)c1C2c1ccc(O)cc1. The van der Waals surface area contributed by atoms with Crippen molar-refractivity contribution in [2.45, 2.75) is 43.5 Å². The van der Waals surface area contributed by atoms with Gasteiger partial charge in [-0.2, -0.15) is 0 Å². The van der Waals surface area contributed by atoms with Gasteiger partial charge in [0.1, 0.15) is 11.6 Å². The number of aromatic amines is 1. The van der Waals surface area contributed by atoms with Gasteiger partial charge in [0.15, 0.2) is 10.9 Å². The van der Waals surface area contributed by atoms with E-state index in [2.05, 4.69) is 24.1 Å². The van der Waals surface area contributed by atoms with Crippen molar-refractivity contribution in [2.75, 3.05) is 5.32 Å². The van der Waals surface area contributed by atoms with Crippen molar-refractivity contribution in [3.05, 3.63) is 91.9 Å². The molecule has 0 radical (unpaired) electrons. The molecular formula is C26H24ClN3O3S. The number of nitrogens with zero attached hydrogens (tertiary/aromatic N) is 1. The van der Waals surface area contributed by atoms with E-state index in [9.17, 15) is 14.7 Å². The topological polar surface area (TPSA) is 95.1 Å². The van der Waals surface area contributed by atoms with Gasteiger partial charge in [0, 0.05) is 34.4 Å². The predicted octanol–water partition coefficient (Wildman–Crippen LogP) is 5.62. The Morgan fingerprint density at radius 1 is 1.12 bits per heavy atom. The fraction of sp³-hybridized carbons (Fsp3) is 0.269. The molecule has 2 aromatic carbocycles. The Morgan fingerprint density at radius 2 is 1.85 bits per heavy atom. The van der Waals surface area contributed by atoms with Gasteiger partial charge in [-0.3, -0.25) is 9.59 Å². The number of carbonyl (C=O) groups is 1. The lowest BCUT2D eigenvalue weighted by atomic mass is 9.69. The predicted molar refractivity (Wildman–Crippen MR) is 134 cm³/mol. The molecule has 34 heavy (non-hydrogen) atoms. The van der Waals surface area contributed by atoms with Crippen LogP contribution >= 0.6 is 23.4 Å². The number of ketones is 1. The van der Waals surface area contributed by atoms with E-state index < -0.39 is 5.92 Å². The molecule has 6 nitrogen and oxygen atoms in total. The average molecular weight is 494 g/mol. The second-order valence-electron chi connectivity index (χ2n) is 9.50. The number of H-pyrrole nitrogens is 1. The highest BCUT2D eigenvalue weighted by atomic mass is 35.5. The van der Waals surface area contributed by atoms with Gasteiger partial charge in [-0.25, -0.2) is 4.98 Å². The number of phenols is 1. The first-order chi connectivity index (χ1) is 16.2. The number of thioether (sulfide) groups is 1. The Morgan fingerprint density at radius 3 is 2.59 bits per heavy atom. The van der Waals surface area contributed by atoms with Crippen LogP contribution in [-0.2, 0) is 10.5 Å². The monoisotopic (exact) mass is 493 g/mol. The summed E-state index contributed by atoms with van der Waals surface area (Å²) in [5.74, 6) is 0.630. The number of nitrogens with one attached hydrogen (secondary N) is 2. The van der Waals surface area contributed by atoms with Crippen LogP contribution < -0.4 is 10.9 Å². The number of benzene rings is 2. The van der Waals surface area contributed by atoms with Crippen LogP contribution in [0.2, 0.25) is 5.02 Å². The van der Waals surface area contributed by atoms with Crippen molar-refractivity contribution in [1.29, 1.82) is 0 Å². The number of carbonyl (C=O) groups excluding carboxylic acids is 1. The summed E-state index contributed by atoms with van der Waals surface area (Å²) in [7, 11) is 0. The molecule has 3 aromatic rings. The van der Waals surface area contributed by atoms with Gasteiger partial charge in [0.25, 0.3) is 5.56 Å². The van der Waals surface area contributed by atoms with Crippen LogP contribution in [0.1, 0.15) is 49.3 Å². The van der Waals surface area contributed by atoms with Crippen LogP contribution in [0.3, 0.4) is 0 Å². The Kier molecular flexibility index (Phi) is 5.78. The molecule has 2 heterocycles. The molecule has 0 fully saturated rings. The normalized spacial score (nSPS) is 18.8. The van der Waals surface area contributed by atoms with Gasteiger partial charge in [0.2, 0.25) is 0 Å². The quantitative estimate of drug-likeness (QED) is 0.322. The number of anilines is 1. The number of fused-ring (bicyclic) bond motifs is 1. The Hall–Kier alpha value is -3.03. The lowest BCUT2D eigenvalue weighted by Gasteiger charge is -2.38. The van der Waals surface area contributed by atoms with E-state index in [0.29, 0.717) is 45.7 Å². The number of hydrogen-bond donors (Lipinski definition) is 3. The molecule has 1 atom stereocenters. The highest BCUT2D eigenvalue weighted by molar-refractivity contribution is 7.98. The van der Waals surface area contributed by atoms with Crippen molar-refractivity contribution >= 4 is 35.0 Å². The lowest BCUT2D eigenvalue weighted by Crippen LogP contribution is -2.37. The maximum atomic E-state index is 13.4. The maximum Gasteiger partial charge on any atom is 0.257 e.